The lowest BCUT2D eigenvalue weighted by Crippen LogP contribution is -2.06. The van der Waals surface area contributed by atoms with Gasteiger partial charge in [0.25, 0.3) is 0 Å². The summed E-state index contributed by atoms with van der Waals surface area (Å²) in [7, 11) is 0. The smallest absolute Gasteiger partial charge is 0.130 e. The number of hydrogen-bond acceptors (Lipinski definition) is 3. The topological polar surface area (TPSA) is 50.8 Å². The second-order valence-corrected chi connectivity index (χ2v) is 4.56. The lowest BCUT2D eigenvalue weighted by atomic mass is 10.0. The number of benzene rings is 1. The van der Waals surface area contributed by atoms with Gasteiger partial charge in [0.1, 0.15) is 12.4 Å². The van der Waals surface area contributed by atoms with E-state index in [9.17, 15) is 5.26 Å². The van der Waals surface area contributed by atoms with Gasteiger partial charge in [0.15, 0.2) is 0 Å². The molecule has 5 heteroatoms. The molecule has 4 nitrogen and oxygen atoms in total. The van der Waals surface area contributed by atoms with E-state index in [1.54, 1.807) is 12.3 Å². The molecule has 84 valence electrons. The Balaban J connectivity index is 2.38. The Morgan fingerprint density at radius 2 is 2.35 bits per heavy atom. The number of nitriles is 1. The largest absolute Gasteiger partial charge is 0.491 e. The quantitative estimate of drug-likeness (QED) is 0.749. The summed E-state index contributed by atoms with van der Waals surface area (Å²) in [6, 6.07) is 7.70. The van der Waals surface area contributed by atoms with Gasteiger partial charge in [-0.3, -0.25) is 4.68 Å². The first-order valence-electron chi connectivity index (χ1n) is 5.19. The van der Waals surface area contributed by atoms with E-state index < -0.39 is 0 Å². The summed E-state index contributed by atoms with van der Waals surface area (Å²) < 4.78 is 8.39. The SMILES string of the molecule is N#Cc1cccc2c1-c1c(Br)cnn1CCO2. The predicted octanol–water partition coefficient (Wildman–Crippen LogP) is 2.58. The molecule has 0 N–H and O–H groups in total. The van der Waals surface area contributed by atoms with Crippen LogP contribution in [0, 0.1) is 11.3 Å². The normalized spacial score (nSPS) is 12.9. The van der Waals surface area contributed by atoms with Crippen LogP contribution in [0.2, 0.25) is 0 Å². The van der Waals surface area contributed by atoms with Crippen LogP contribution in [0.5, 0.6) is 5.75 Å². The monoisotopic (exact) mass is 289 g/mol. The summed E-state index contributed by atoms with van der Waals surface area (Å²) in [6.45, 7) is 1.24. The zero-order valence-corrected chi connectivity index (χ0v) is 10.4. The Kier molecular flexibility index (Phi) is 2.37. The molecular formula is C12H8BrN3O. The van der Waals surface area contributed by atoms with Gasteiger partial charge in [-0.2, -0.15) is 10.4 Å². The minimum Gasteiger partial charge on any atom is -0.491 e. The minimum absolute atomic E-state index is 0.559. The highest BCUT2D eigenvalue weighted by atomic mass is 79.9. The van der Waals surface area contributed by atoms with Crippen LogP contribution in [-0.2, 0) is 6.54 Å². The third-order valence-corrected chi connectivity index (χ3v) is 3.32. The molecule has 1 aromatic carbocycles. The molecule has 1 aromatic heterocycles. The Bertz CT molecular complexity index is 627. The van der Waals surface area contributed by atoms with Crippen LogP contribution >= 0.6 is 15.9 Å². The number of ether oxygens (including phenoxy) is 1. The van der Waals surface area contributed by atoms with Crippen molar-refractivity contribution in [1.29, 1.82) is 5.26 Å². The molecule has 2 aromatic rings. The maximum atomic E-state index is 9.19. The number of rotatable bonds is 0. The Hall–Kier alpha value is -1.80. The highest BCUT2D eigenvalue weighted by Gasteiger charge is 2.22. The summed E-state index contributed by atoms with van der Waals surface area (Å²) in [5, 5.41) is 13.5. The second kappa shape index (κ2) is 3.90. The van der Waals surface area contributed by atoms with Crippen LogP contribution in [-0.4, -0.2) is 16.4 Å². The van der Waals surface area contributed by atoms with Crippen LogP contribution in [0.3, 0.4) is 0 Å². The van der Waals surface area contributed by atoms with Crippen molar-refractivity contribution in [3.8, 4) is 23.1 Å². The summed E-state index contributed by atoms with van der Waals surface area (Å²) in [5.41, 5.74) is 2.33. The van der Waals surface area contributed by atoms with Crippen molar-refractivity contribution in [1.82, 2.24) is 9.78 Å². The van der Waals surface area contributed by atoms with Crippen LogP contribution in [0.15, 0.2) is 28.9 Å². The first-order valence-corrected chi connectivity index (χ1v) is 5.98. The minimum atomic E-state index is 0.559. The maximum Gasteiger partial charge on any atom is 0.130 e. The van der Waals surface area contributed by atoms with Crippen LogP contribution in [0.1, 0.15) is 5.56 Å². The lowest BCUT2D eigenvalue weighted by molar-refractivity contribution is 0.300. The van der Waals surface area contributed by atoms with Crippen molar-refractivity contribution >= 4 is 15.9 Å². The highest BCUT2D eigenvalue weighted by Crippen LogP contribution is 2.38. The van der Waals surface area contributed by atoms with Crippen molar-refractivity contribution in [2.24, 2.45) is 0 Å². The molecule has 0 unspecified atom stereocenters. The zero-order valence-electron chi connectivity index (χ0n) is 8.85. The van der Waals surface area contributed by atoms with E-state index in [-0.39, 0.29) is 0 Å². The molecule has 0 bridgehead atoms. The number of nitrogens with zero attached hydrogens (tertiary/aromatic N) is 3. The van der Waals surface area contributed by atoms with Crippen LogP contribution < -0.4 is 4.74 Å². The number of aromatic nitrogens is 2. The van der Waals surface area contributed by atoms with Gasteiger partial charge < -0.3 is 4.74 Å². The average Bonchev–Trinajstić information content (AvgIpc) is 2.61. The van der Waals surface area contributed by atoms with Crippen molar-refractivity contribution in [2.75, 3.05) is 6.61 Å². The maximum absolute atomic E-state index is 9.19. The molecular weight excluding hydrogens is 282 g/mol. The van der Waals surface area contributed by atoms with Gasteiger partial charge in [0.2, 0.25) is 0 Å². The van der Waals surface area contributed by atoms with Gasteiger partial charge in [-0.1, -0.05) is 6.07 Å². The van der Waals surface area contributed by atoms with E-state index in [1.165, 1.54) is 0 Å². The fourth-order valence-electron chi connectivity index (χ4n) is 2.01. The molecule has 0 saturated heterocycles. The van der Waals surface area contributed by atoms with Gasteiger partial charge in [-0.15, -0.1) is 0 Å². The predicted molar refractivity (Wildman–Crippen MR) is 65.6 cm³/mol. The Morgan fingerprint density at radius 1 is 1.47 bits per heavy atom. The van der Waals surface area contributed by atoms with Crippen LogP contribution in [0.25, 0.3) is 11.3 Å². The molecule has 2 heterocycles. The summed E-state index contributed by atoms with van der Waals surface area (Å²) >= 11 is 3.47. The fourth-order valence-corrected chi connectivity index (χ4v) is 2.51. The van der Waals surface area contributed by atoms with Gasteiger partial charge in [-0.05, 0) is 28.1 Å². The van der Waals surface area contributed by atoms with Gasteiger partial charge in [-0.25, -0.2) is 0 Å². The van der Waals surface area contributed by atoms with Crippen LogP contribution in [0.4, 0.5) is 0 Å². The first-order chi connectivity index (χ1) is 8.31. The number of hydrogen-bond donors (Lipinski definition) is 0. The lowest BCUT2D eigenvalue weighted by Gasteiger charge is -2.08. The molecule has 0 amide bonds. The van der Waals surface area contributed by atoms with Crippen molar-refractivity contribution in [3.63, 3.8) is 0 Å². The molecule has 0 fully saturated rings. The van der Waals surface area contributed by atoms with Gasteiger partial charge in [0, 0.05) is 0 Å². The van der Waals surface area contributed by atoms with Crippen molar-refractivity contribution in [3.05, 3.63) is 34.4 Å². The van der Waals surface area contributed by atoms with Gasteiger partial charge in [0.05, 0.1) is 40.1 Å². The highest BCUT2D eigenvalue weighted by molar-refractivity contribution is 9.10. The molecule has 3 rings (SSSR count). The summed E-state index contributed by atoms with van der Waals surface area (Å²) in [5.74, 6) is 0.740. The van der Waals surface area contributed by atoms with E-state index >= 15 is 0 Å². The van der Waals surface area contributed by atoms with Gasteiger partial charge >= 0.3 is 0 Å². The molecule has 1 aliphatic rings. The molecule has 0 radical (unpaired) electrons. The number of fused-ring (bicyclic) bond motifs is 3. The van der Waals surface area contributed by atoms with E-state index in [1.807, 2.05) is 16.8 Å². The van der Waals surface area contributed by atoms with Crippen molar-refractivity contribution < 1.29 is 4.74 Å². The average molecular weight is 290 g/mol. The molecule has 0 atom stereocenters. The van der Waals surface area contributed by atoms with E-state index in [4.69, 9.17) is 4.74 Å². The molecule has 0 aliphatic carbocycles. The molecule has 0 spiro atoms. The summed E-state index contributed by atoms with van der Waals surface area (Å²) in [4.78, 5) is 0. The molecule has 0 saturated carbocycles. The Labute approximate surface area is 107 Å². The van der Waals surface area contributed by atoms with E-state index in [2.05, 4.69) is 27.1 Å². The molecule has 17 heavy (non-hydrogen) atoms. The molecule has 1 aliphatic heterocycles. The standard InChI is InChI=1S/C12H8BrN3O/c13-9-7-15-16-4-5-17-10-3-1-2-8(6-14)11(10)12(9)16/h1-3,7H,4-5H2. The summed E-state index contributed by atoms with van der Waals surface area (Å²) in [6.07, 6.45) is 1.75. The fraction of sp³-hybridized carbons (Fsp3) is 0.167. The Morgan fingerprint density at radius 3 is 3.18 bits per heavy atom. The zero-order chi connectivity index (χ0) is 11.8. The first kappa shape index (κ1) is 10.4. The van der Waals surface area contributed by atoms with E-state index in [0.717, 1.165) is 21.5 Å². The number of halogens is 1. The third-order valence-electron chi connectivity index (χ3n) is 2.74. The van der Waals surface area contributed by atoms with E-state index in [0.29, 0.717) is 18.7 Å². The van der Waals surface area contributed by atoms with Crippen molar-refractivity contribution in [2.45, 2.75) is 6.54 Å². The third kappa shape index (κ3) is 1.53. The second-order valence-electron chi connectivity index (χ2n) is 3.70.